The zero-order valence-corrected chi connectivity index (χ0v) is 9.13. The van der Waals surface area contributed by atoms with Crippen LogP contribution in [0, 0.1) is 11.2 Å². The van der Waals surface area contributed by atoms with Gasteiger partial charge in [0.15, 0.2) is 0 Å². The summed E-state index contributed by atoms with van der Waals surface area (Å²) in [6.45, 7) is 8.32. The van der Waals surface area contributed by atoms with Gasteiger partial charge in [-0.15, -0.1) is 0 Å². The van der Waals surface area contributed by atoms with Gasteiger partial charge in [-0.1, -0.05) is 26.8 Å². The molecule has 0 saturated carbocycles. The normalized spacial score (nSPS) is 13.1. The zero-order valence-electron chi connectivity index (χ0n) is 9.13. The fourth-order valence-corrected chi connectivity index (χ4v) is 1.36. The number of allylic oxidation sites excluding steroid dienone is 2. The maximum Gasteiger partial charge on any atom is 0.142 e. The smallest absolute Gasteiger partial charge is 0.142 e. The Kier molecular flexibility index (Phi) is 3.04. The van der Waals surface area contributed by atoms with E-state index in [4.69, 9.17) is 0 Å². The summed E-state index contributed by atoms with van der Waals surface area (Å²) in [5, 5.41) is 0. The first-order valence-electron chi connectivity index (χ1n) is 4.69. The Morgan fingerprint density at radius 1 is 1.36 bits per heavy atom. The minimum absolute atomic E-state index is 0.108. The highest BCUT2D eigenvalue weighted by Gasteiger charge is 2.07. The number of hydrogen-bond donors (Lipinski definition) is 0. The molecule has 1 nitrogen and oxygen atoms in total. The lowest BCUT2D eigenvalue weighted by Crippen LogP contribution is -2.00. The molecule has 0 atom stereocenters. The quantitative estimate of drug-likeness (QED) is 0.663. The lowest BCUT2D eigenvalue weighted by molar-refractivity contribution is 0.545. The Balaban J connectivity index is 3.01. The summed E-state index contributed by atoms with van der Waals surface area (Å²) in [7, 11) is 0. The van der Waals surface area contributed by atoms with Gasteiger partial charge in [0, 0.05) is 6.20 Å². The summed E-state index contributed by atoms with van der Waals surface area (Å²) in [6, 6.07) is 1.50. The Hall–Kier alpha value is -1.18. The van der Waals surface area contributed by atoms with Gasteiger partial charge in [0.1, 0.15) is 5.82 Å². The minimum atomic E-state index is -0.288. The molecule has 0 aromatic carbocycles. The molecule has 0 aliphatic carbocycles. The van der Waals surface area contributed by atoms with Crippen LogP contribution >= 0.6 is 0 Å². The molecule has 1 aromatic rings. The van der Waals surface area contributed by atoms with Crippen molar-refractivity contribution in [2.45, 2.75) is 27.7 Å². The fraction of sp³-hybridized carbons (Fsp3) is 0.417. The summed E-state index contributed by atoms with van der Waals surface area (Å²) >= 11 is 0. The maximum absolute atomic E-state index is 12.9. The van der Waals surface area contributed by atoms with E-state index in [1.807, 2.05) is 6.92 Å². The van der Waals surface area contributed by atoms with Crippen LogP contribution in [0.5, 0.6) is 0 Å². The Labute approximate surface area is 84.7 Å². The van der Waals surface area contributed by atoms with Crippen LogP contribution in [0.15, 0.2) is 24.5 Å². The van der Waals surface area contributed by atoms with Crippen molar-refractivity contribution in [3.8, 4) is 0 Å². The first-order chi connectivity index (χ1) is 6.38. The van der Waals surface area contributed by atoms with Crippen LogP contribution in [0.4, 0.5) is 4.39 Å². The molecule has 0 fully saturated rings. The Morgan fingerprint density at radius 3 is 2.50 bits per heavy atom. The van der Waals surface area contributed by atoms with E-state index in [9.17, 15) is 4.39 Å². The third-order valence-electron chi connectivity index (χ3n) is 1.81. The average Bonchev–Trinajstić information content (AvgIpc) is 2.01. The van der Waals surface area contributed by atoms with Crippen LogP contribution in [0.25, 0.3) is 5.57 Å². The van der Waals surface area contributed by atoms with Crippen molar-refractivity contribution in [2.75, 3.05) is 0 Å². The Bertz CT molecular complexity index is 348. The number of aromatic nitrogens is 1. The molecule has 0 N–H and O–H groups in total. The van der Waals surface area contributed by atoms with Gasteiger partial charge in [0.2, 0.25) is 0 Å². The predicted molar refractivity (Wildman–Crippen MR) is 57.3 cm³/mol. The van der Waals surface area contributed by atoms with Gasteiger partial charge in [-0.3, -0.25) is 4.98 Å². The maximum atomic E-state index is 12.9. The van der Waals surface area contributed by atoms with Crippen molar-refractivity contribution in [3.63, 3.8) is 0 Å². The molecule has 14 heavy (non-hydrogen) atoms. The molecule has 2 heteroatoms. The first kappa shape index (κ1) is 10.9. The van der Waals surface area contributed by atoms with Gasteiger partial charge in [-0.25, -0.2) is 4.39 Å². The van der Waals surface area contributed by atoms with Gasteiger partial charge in [0.25, 0.3) is 0 Å². The second kappa shape index (κ2) is 3.91. The number of rotatable bonds is 1. The Morgan fingerprint density at radius 2 is 2.00 bits per heavy atom. The van der Waals surface area contributed by atoms with Crippen LogP contribution in [0.1, 0.15) is 33.3 Å². The van der Waals surface area contributed by atoms with Gasteiger partial charge < -0.3 is 0 Å². The van der Waals surface area contributed by atoms with Crippen LogP contribution in [0.2, 0.25) is 0 Å². The molecule has 0 unspecified atom stereocenters. The van der Waals surface area contributed by atoms with E-state index in [1.165, 1.54) is 12.3 Å². The topological polar surface area (TPSA) is 12.9 Å². The molecule has 0 spiro atoms. The molecule has 0 aliphatic heterocycles. The molecule has 1 rings (SSSR count). The largest absolute Gasteiger partial charge is 0.261 e. The van der Waals surface area contributed by atoms with Crippen LogP contribution in [0.3, 0.4) is 0 Å². The molecular weight excluding hydrogens is 177 g/mol. The number of nitrogens with zero attached hydrogens (tertiary/aromatic N) is 1. The number of halogens is 1. The molecule has 0 amide bonds. The van der Waals surface area contributed by atoms with Crippen molar-refractivity contribution in [1.82, 2.24) is 4.98 Å². The lowest BCUT2D eigenvalue weighted by atomic mass is 9.92. The van der Waals surface area contributed by atoms with E-state index in [-0.39, 0.29) is 11.2 Å². The molecular formula is C12H16FN. The summed E-state index contributed by atoms with van der Waals surface area (Å²) in [6.07, 6.45) is 5.01. The van der Waals surface area contributed by atoms with E-state index < -0.39 is 0 Å². The number of pyridine rings is 1. The third kappa shape index (κ3) is 3.29. The van der Waals surface area contributed by atoms with Crippen molar-refractivity contribution < 1.29 is 4.39 Å². The molecule has 1 aromatic heterocycles. The molecule has 1 heterocycles. The predicted octanol–water partition coefficient (Wildman–Crippen LogP) is 3.67. The van der Waals surface area contributed by atoms with Crippen molar-refractivity contribution in [2.24, 2.45) is 5.41 Å². The average molecular weight is 193 g/mol. The molecule has 0 aliphatic rings. The van der Waals surface area contributed by atoms with E-state index >= 15 is 0 Å². The van der Waals surface area contributed by atoms with E-state index in [1.54, 1.807) is 6.20 Å². The summed E-state index contributed by atoms with van der Waals surface area (Å²) in [5.41, 5.74) is 2.01. The van der Waals surface area contributed by atoms with Crippen molar-refractivity contribution in [3.05, 3.63) is 35.9 Å². The summed E-state index contributed by atoms with van der Waals surface area (Å²) in [5.74, 6) is -0.288. The monoisotopic (exact) mass is 193 g/mol. The van der Waals surface area contributed by atoms with E-state index in [0.29, 0.717) is 0 Å². The van der Waals surface area contributed by atoms with Gasteiger partial charge in [0.05, 0.1) is 6.20 Å². The SMILES string of the molecule is C/C(=C\C(C)(C)C)c1cncc(F)c1. The molecule has 0 saturated heterocycles. The van der Waals surface area contributed by atoms with Crippen LogP contribution < -0.4 is 0 Å². The number of hydrogen-bond acceptors (Lipinski definition) is 1. The third-order valence-corrected chi connectivity index (χ3v) is 1.81. The first-order valence-corrected chi connectivity index (χ1v) is 4.69. The minimum Gasteiger partial charge on any atom is -0.261 e. The van der Waals surface area contributed by atoms with Gasteiger partial charge >= 0.3 is 0 Å². The summed E-state index contributed by atoms with van der Waals surface area (Å²) in [4.78, 5) is 3.82. The fourth-order valence-electron chi connectivity index (χ4n) is 1.36. The van der Waals surface area contributed by atoms with Gasteiger partial charge in [-0.2, -0.15) is 0 Å². The van der Waals surface area contributed by atoms with Crippen molar-refractivity contribution >= 4 is 5.57 Å². The highest BCUT2D eigenvalue weighted by molar-refractivity contribution is 5.63. The van der Waals surface area contributed by atoms with E-state index in [2.05, 4.69) is 31.8 Å². The second-order valence-electron chi connectivity index (χ2n) is 4.59. The standard InChI is InChI=1S/C12H16FN/c1-9(6-12(2,3)4)10-5-11(13)8-14-7-10/h5-8H,1-4H3/b9-6+. The van der Waals surface area contributed by atoms with Gasteiger partial charge in [-0.05, 0) is 29.5 Å². The lowest BCUT2D eigenvalue weighted by Gasteiger charge is -2.14. The molecule has 0 radical (unpaired) electrons. The zero-order chi connectivity index (χ0) is 10.8. The highest BCUT2D eigenvalue weighted by Crippen LogP contribution is 2.22. The van der Waals surface area contributed by atoms with Crippen LogP contribution in [-0.2, 0) is 0 Å². The second-order valence-corrected chi connectivity index (χ2v) is 4.59. The summed E-state index contributed by atoms with van der Waals surface area (Å²) < 4.78 is 12.9. The molecule has 0 bridgehead atoms. The van der Waals surface area contributed by atoms with Crippen LogP contribution in [-0.4, -0.2) is 4.98 Å². The highest BCUT2D eigenvalue weighted by atomic mass is 19.1. The van der Waals surface area contributed by atoms with Crippen molar-refractivity contribution in [1.29, 1.82) is 0 Å². The van der Waals surface area contributed by atoms with E-state index in [0.717, 1.165) is 11.1 Å². The molecule has 76 valence electrons.